The number of benzene rings is 1. The molecule has 0 spiro atoms. The first-order valence-electron chi connectivity index (χ1n) is 6.27. The van der Waals surface area contributed by atoms with Crippen LogP contribution in [0.25, 0.3) is 0 Å². The highest BCUT2D eigenvalue weighted by Gasteiger charge is 1.95. The molecular weight excluding hydrogens is 325 g/mol. The van der Waals surface area contributed by atoms with Crippen LogP contribution in [0, 0.1) is 9.49 Å². The fourth-order valence-electron chi connectivity index (χ4n) is 1.49. The van der Waals surface area contributed by atoms with Crippen LogP contribution < -0.4 is 10.1 Å². The predicted molar refractivity (Wildman–Crippen MR) is 81.6 cm³/mol. The largest absolute Gasteiger partial charge is 0.494 e. The molecule has 17 heavy (non-hydrogen) atoms. The Kier molecular flexibility index (Phi) is 7.60. The Bertz CT molecular complexity index is 315. The fourth-order valence-corrected chi connectivity index (χ4v) is 2.00. The van der Waals surface area contributed by atoms with E-state index in [1.807, 2.05) is 12.1 Å². The summed E-state index contributed by atoms with van der Waals surface area (Å²) in [4.78, 5) is 0. The molecule has 1 aromatic carbocycles. The Balaban J connectivity index is 2.01. The third-order valence-electron chi connectivity index (χ3n) is 2.37. The van der Waals surface area contributed by atoms with Gasteiger partial charge in [-0.25, -0.2) is 0 Å². The van der Waals surface area contributed by atoms with Crippen molar-refractivity contribution in [2.24, 2.45) is 5.92 Å². The van der Waals surface area contributed by atoms with Gasteiger partial charge in [-0.15, -0.1) is 0 Å². The first-order valence-corrected chi connectivity index (χ1v) is 7.35. The van der Waals surface area contributed by atoms with Crippen LogP contribution in [0.15, 0.2) is 24.3 Å². The van der Waals surface area contributed by atoms with E-state index in [2.05, 4.69) is 53.9 Å². The topological polar surface area (TPSA) is 21.3 Å². The zero-order valence-corrected chi connectivity index (χ0v) is 12.9. The molecule has 0 aliphatic rings. The van der Waals surface area contributed by atoms with Crippen LogP contribution in [0.1, 0.15) is 26.7 Å². The van der Waals surface area contributed by atoms with Gasteiger partial charge in [0.25, 0.3) is 0 Å². The third-order valence-corrected chi connectivity index (χ3v) is 3.04. The summed E-state index contributed by atoms with van der Waals surface area (Å²) in [5.41, 5.74) is 0. The third kappa shape index (κ3) is 7.60. The summed E-state index contributed by atoms with van der Waals surface area (Å²) in [6, 6.07) is 8.18. The lowest BCUT2D eigenvalue weighted by atomic mass is 10.2. The van der Waals surface area contributed by atoms with E-state index < -0.39 is 0 Å². The van der Waals surface area contributed by atoms with E-state index in [0.717, 1.165) is 37.8 Å². The van der Waals surface area contributed by atoms with Gasteiger partial charge in [0.05, 0.1) is 6.61 Å². The molecular formula is C14H22INO. The van der Waals surface area contributed by atoms with E-state index >= 15 is 0 Å². The van der Waals surface area contributed by atoms with Gasteiger partial charge in [0.2, 0.25) is 0 Å². The van der Waals surface area contributed by atoms with Crippen LogP contribution in [0.3, 0.4) is 0 Å². The van der Waals surface area contributed by atoms with Gasteiger partial charge in [-0.1, -0.05) is 19.9 Å². The van der Waals surface area contributed by atoms with Crippen molar-refractivity contribution in [2.45, 2.75) is 26.7 Å². The van der Waals surface area contributed by atoms with Crippen LogP contribution in [0.5, 0.6) is 5.75 Å². The summed E-state index contributed by atoms with van der Waals surface area (Å²) >= 11 is 2.30. The summed E-state index contributed by atoms with van der Waals surface area (Å²) in [5.74, 6) is 1.71. The van der Waals surface area contributed by atoms with Crippen molar-refractivity contribution in [1.29, 1.82) is 0 Å². The molecule has 1 rings (SSSR count). The standard InChI is InChI=1S/C14H22INO/c1-12(2)11-16-8-3-4-9-17-14-7-5-6-13(15)10-14/h5-7,10,12,16H,3-4,8-9,11H2,1-2H3. The molecule has 2 nitrogen and oxygen atoms in total. The van der Waals surface area contributed by atoms with Crippen LogP contribution in [-0.4, -0.2) is 19.7 Å². The molecule has 0 aromatic heterocycles. The normalized spacial score (nSPS) is 10.8. The minimum Gasteiger partial charge on any atom is -0.494 e. The average Bonchev–Trinajstić information content (AvgIpc) is 2.27. The van der Waals surface area contributed by atoms with Crippen molar-refractivity contribution >= 4 is 22.6 Å². The summed E-state index contributed by atoms with van der Waals surface area (Å²) < 4.78 is 6.90. The van der Waals surface area contributed by atoms with E-state index in [9.17, 15) is 0 Å². The monoisotopic (exact) mass is 347 g/mol. The van der Waals surface area contributed by atoms with E-state index in [-0.39, 0.29) is 0 Å². The second-order valence-corrected chi connectivity index (χ2v) is 5.86. The molecule has 3 heteroatoms. The van der Waals surface area contributed by atoms with Gasteiger partial charge < -0.3 is 10.1 Å². The number of halogens is 1. The lowest BCUT2D eigenvalue weighted by molar-refractivity contribution is 0.305. The molecule has 0 amide bonds. The molecule has 0 radical (unpaired) electrons. The highest BCUT2D eigenvalue weighted by molar-refractivity contribution is 14.1. The molecule has 1 N–H and O–H groups in total. The fraction of sp³-hybridized carbons (Fsp3) is 0.571. The number of ether oxygens (including phenoxy) is 1. The zero-order valence-electron chi connectivity index (χ0n) is 10.7. The maximum absolute atomic E-state index is 5.68. The van der Waals surface area contributed by atoms with Crippen molar-refractivity contribution in [3.63, 3.8) is 0 Å². The number of nitrogens with one attached hydrogen (secondary N) is 1. The van der Waals surface area contributed by atoms with Gasteiger partial charge in [0.1, 0.15) is 5.75 Å². The first-order chi connectivity index (χ1) is 8.18. The molecule has 0 atom stereocenters. The average molecular weight is 347 g/mol. The van der Waals surface area contributed by atoms with Gasteiger partial charge in [0.15, 0.2) is 0 Å². The van der Waals surface area contributed by atoms with E-state index in [4.69, 9.17) is 4.74 Å². The second kappa shape index (κ2) is 8.75. The predicted octanol–water partition coefficient (Wildman–Crippen LogP) is 3.70. The van der Waals surface area contributed by atoms with Gasteiger partial charge in [-0.3, -0.25) is 0 Å². The van der Waals surface area contributed by atoms with Gasteiger partial charge >= 0.3 is 0 Å². The maximum atomic E-state index is 5.68. The summed E-state index contributed by atoms with van der Waals surface area (Å²) in [6.07, 6.45) is 2.28. The van der Waals surface area contributed by atoms with E-state index in [0.29, 0.717) is 0 Å². The minimum absolute atomic E-state index is 0.734. The Morgan fingerprint density at radius 1 is 1.29 bits per heavy atom. The summed E-state index contributed by atoms with van der Waals surface area (Å²) in [6.45, 7) is 7.47. The Morgan fingerprint density at radius 3 is 2.82 bits per heavy atom. The molecule has 0 bridgehead atoms. The maximum Gasteiger partial charge on any atom is 0.120 e. The second-order valence-electron chi connectivity index (χ2n) is 4.61. The van der Waals surface area contributed by atoms with E-state index in [1.54, 1.807) is 0 Å². The lowest BCUT2D eigenvalue weighted by Gasteiger charge is -2.08. The van der Waals surface area contributed by atoms with Crippen molar-refractivity contribution in [2.75, 3.05) is 19.7 Å². The van der Waals surface area contributed by atoms with Crippen molar-refractivity contribution in [3.05, 3.63) is 27.8 Å². The molecule has 0 unspecified atom stereocenters. The molecule has 0 fully saturated rings. The Morgan fingerprint density at radius 2 is 2.12 bits per heavy atom. The number of hydrogen-bond donors (Lipinski definition) is 1. The Hall–Kier alpha value is -0.290. The summed E-state index contributed by atoms with van der Waals surface area (Å²) in [7, 11) is 0. The molecule has 0 aliphatic carbocycles. The first kappa shape index (κ1) is 14.8. The zero-order chi connectivity index (χ0) is 12.5. The van der Waals surface area contributed by atoms with Crippen LogP contribution in [-0.2, 0) is 0 Å². The van der Waals surface area contributed by atoms with Crippen molar-refractivity contribution in [3.8, 4) is 5.75 Å². The number of unbranched alkanes of at least 4 members (excludes halogenated alkanes) is 1. The molecule has 96 valence electrons. The van der Waals surface area contributed by atoms with Crippen molar-refractivity contribution in [1.82, 2.24) is 5.32 Å². The summed E-state index contributed by atoms with van der Waals surface area (Å²) in [5, 5.41) is 3.44. The molecule has 0 aliphatic heterocycles. The molecule has 1 aromatic rings. The molecule has 0 saturated heterocycles. The lowest BCUT2D eigenvalue weighted by Crippen LogP contribution is -2.21. The van der Waals surface area contributed by atoms with Gasteiger partial charge in [-0.2, -0.15) is 0 Å². The van der Waals surface area contributed by atoms with Gasteiger partial charge in [0, 0.05) is 3.57 Å². The van der Waals surface area contributed by atoms with E-state index in [1.165, 1.54) is 9.99 Å². The smallest absolute Gasteiger partial charge is 0.120 e. The molecule has 0 heterocycles. The van der Waals surface area contributed by atoms with Crippen LogP contribution in [0.4, 0.5) is 0 Å². The van der Waals surface area contributed by atoms with Crippen molar-refractivity contribution < 1.29 is 4.74 Å². The van der Waals surface area contributed by atoms with Gasteiger partial charge in [-0.05, 0) is 72.6 Å². The van der Waals surface area contributed by atoms with Crippen LogP contribution in [0.2, 0.25) is 0 Å². The quantitative estimate of drug-likeness (QED) is 0.572. The highest BCUT2D eigenvalue weighted by atomic mass is 127. The Labute approximate surface area is 118 Å². The minimum atomic E-state index is 0.734. The number of hydrogen-bond acceptors (Lipinski definition) is 2. The molecule has 0 saturated carbocycles. The highest BCUT2D eigenvalue weighted by Crippen LogP contribution is 2.14. The number of rotatable bonds is 8. The van der Waals surface area contributed by atoms with Crippen LogP contribution >= 0.6 is 22.6 Å². The SMILES string of the molecule is CC(C)CNCCCCOc1cccc(I)c1.